The lowest BCUT2D eigenvalue weighted by Crippen LogP contribution is -2.34. The van der Waals surface area contributed by atoms with Crippen molar-refractivity contribution >= 4 is 21.6 Å². The molecule has 0 aliphatic carbocycles. The summed E-state index contributed by atoms with van der Waals surface area (Å²) in [6.45, 7) is 0.938. The zero-order valence-electron chi connectivity index (χ0n) is 13.3. The third-order valence-corrected chi connectivity index (χ3v) is 5.14. The fourth-order valence-electron chi connectivity index (χ4n) is 3.19. The number of benzene rings is 1. The average Bonchev–Trinajstić information content (AvgIpc) is 3.01. The highest BCUT2D eigenvalue weighted by molar-refractivity contribution is 9.10. The fraction of sp³-hybridized carbons (Fsp3) is 0.412. The van der Waals surface area contributed by atoms with E-state index in [4.69, 9.17) is 4.74 Å². The van der Waals surface area contributed by atoms with Gasteiger partial charge in [-0.25, -0.2) is 4.68 Å². The van der Waals surface area contributed by atoms with E-state index in [1.54, 1.807) is 20.4 Å². The summed E-state index contributed by atoms with van der Waals surface area (Å²) in [5.41, 5.74) is 1.97. The summed E-state index contributed by atoms with van der Waals surface area (Å²) >= 11 is 3.44. The summed E-state index contributed by atoms with van der Waals surface area (Å²) in [5.74, 6) is 0.917. The highest BCUT2D eigenvalue weighted by Crippen LogP contribution is 2.32. The summed E-state index contributed by atoms with van der Waals surface area (Å²) in [6, 6.07) is 8.46. The van der Waals surface area contributed by atoms with Crippen molar-refractivity contribution < 1.29 is 4.74 Å². The molecule has 1 atom stereocenters. The van der Waals surface area contributed by atoms with Crippen molar-refractivity contribution in [3.05, 3.63) is 50.9 Å². The van der Waals surface area contributed by atoms with Crippen LogP contribution in [-0.2, 0) is 13.5 Å². The molecule has 1 fully saturated rings. The van der Waals surface area contributed by atoms with Crippen molar-refractivity contribution in [2.75, 3.05) is 18.6 Å². The molecule has 0 radical (unpaired) electrons. The summed E-state index contributed by atoms with van der Waals surface area (Å²) in [7, 11) is 3.36. The van der Waals surface area contributed by atoms with E-state index in [-0.39, 0.29) is 5.56 Å². The van der Waals surface area contributed by atoms with Gasteiger partial charge in [0.15, 0.2) is 0 Å². The smallest absolute Gasteiger partial charge is 0.282 e. The molecule has 2 aromatic rings. The molecule has 122 valence electrons. The molecule has 1 saturated heterocycles. The van der Waals surface area contributed by atoms with Crippen molar-refractivity contribution in [2.24, 2.45) is 7.05 Å². The van der Waals surface area contributed by atoms with Gasteiger partial charge in [0.05, 0.1) is 19.0 Å². The number of ether oxygens (including phenoxy) is 1. The Morgan fingerprint density at radius 1 is 1.39 bits per heavy atom. The van der Waals surface area contributed by atoms with Crippen LogP contribution in [0.3, 0.4) is 0 Å². The monoisotopic (exact) mass is 377 g/mol. The van der Waals surface area contributed by atoms with Crippen molar-refractivity contribution in [3.8, 4) is 5.75 Å². The van der Waals surface area contributed by atoms with E-state index in [2.05, 4.69) is 32.0 Å². The van der Waals surface area contributed by atoms with Crippen LogP contribution in [0.25, 0.3) is 0 Å². The minimum Gasteiger partial charge on any atom is -0.496 e. The van der Waals surface area contributed by atoms with Gasteiger partial charge in [-0.2, -0.15) is 5.10 Å². The fourth-order valence-corrected chi connectivity index (χ4v) is 3.78. The molecule has 1 aliphatic rings. The molecular formula is C17H20BrN3O2. The van der Waals surface area contributed by atoms with Crippen LogP contribution in [0.15, 0.2) is 39.7 Å². The Bertz CT molecular complexity index is 760. The number of methoxy groups -OCH3 is 1. The normalized spacial score (nSPS) is 17.5. The van der Waals surface area contributed by atoms with Crippen molar-refractivity contribution in [1.82, 2.24) is 9.78 Å². The quantitative estimate of drug-likeness (QED) is 0.821. The van der Waals surface area contributed by atoms with Gasteiger partial charge in [-0.3, -0.25) is 4.79 Å². The minimum absolute atomic E-state index is 0.106. The van der Waals surface area contributed by atoms with Gasteiger partial charge in [0.2, 0.25) is 0 Å². The van der Waals surface area contributed by atoms with Crippen LogP contribution in [0.2, 0.25) is 0 Å². The number of hydrogen-bond donors (Lipinski definition) is 0. The molecule has 23 heavy (non-hydrogen) atoms. The first-order valence-electron chi connectivity index (χ1n) is 7.72. The first kappa shape index (κ1) is 16.1. The molecular weight excluding hydrogens is 358 g/mol. The maximum Gasteiger partial charge on any atom is 0.282 e. The number of nitrogens with zero attached hydrogens (tertiary/aromatic N) is 3. The summed E-state index contributed by atoms with van der Waals surface area (Å²) < 4.78 is 7.39. The lowest BCUT2D eigenvalue weighted by molar-refractivity contribution is 0.408. The topological polar surface area (TPSA) is 47.4 Å². The Morgan fingerprint density at radius 2 is 2.17 bits per heavy atom. The summed E-state index contributed by atoms with van der Waals surface area (Å²) in [4.78, 5) is 14.4. The molecule has 0 N–H and O–H groups in total. The third kappa shape index (κ3) is 3.13. The van der Waals surface area contributed by atoms with E-state index in [1.807, 2.05) is 18.2 Å². The Morgan fingerprint density at radius 3 is 2.96 bits per heavy atom. The third-order valence-electron chi connectivity index (χ3n) is 4.39. The molecule has 3 rings (SSSR count). The standard InChI is InChI=1S/C17H20BrN3O2/c1-20-17(22)16(18)14(11-19-20)21-9-5-7-13(21)10-12-6-3-4-8-15(12)23-2/h3-4,6,8,11,13H,5,7,9-10H2,1-2H3. The number of anilines is 1. The minimum atomic E-state index is -0.106. The molecule has 1 aromatic carbocycles. The Kier molecular flexibility index (Phi) is 4.71. The summed E-state index contributed by atoms with van der Waals surface area (Å²) in [6.07, 6.45) is 4.87. The lowest BCUT2D eigenvalue weighted by Gasteiger charge is -2.28. The molecule has 1 unspecified atom stereocenters. The van der Waals surface area contributed by atoms with Crippen LogP contribution in [-0.4, -0.2) is 29.5 Å². The van der Waals surface area contributed by atoms with Crippen LogP contribution in [0.1, 0.15) is 18.4 Å². The predicted molar refractivity (Wildman–Crippen MR) is 94.2 cm³/mol. The second-order valence-corrected chi connectivity index (χ2v) is 6.57. The van der Waals surface area contributed by atoms with Gasteiger partial charge in [-0.1, -0.05) is 18.2 Å². The van der Waals surface area contributed by atoms with E-state index in [0.717, 1.165) is 37.2 Å². The van der Waals surface area contributed by atoms with E-state index < -0.39 is 0 Å². The number of aromatic nitrogens is 2. The van der Waals surface area contributed by atoms with Gasteiger partial charge in [-0.15, -0.1) is 0 Å². The van der Waals surface area contributed by atoms with E-state index in [9.17, 15) is 4.79 Å². The van der Waals surface area contributed by atoms with Crippen molar-refractivity contribution in [1.29, 1.82) is 0 Å². The molecule has 0 saturated carbocycles. The van der Waals surface area contributed by atoms with Crippen molar-refractivity contribution in [2.45, 2.75) is 25.3 Å². The maximum absolute atomic E-state index is 12.1. The largest absolute Gasteiger partial charge is 0.496 e. The maximum atomic E-state index is 12.1. The number of aryl methyl sites for hydroxylation is 1. The van der Waals surface area contributed by atoms with Crippen LogP contribution >= 0.6 is 15.9 Å². The van der Waals surface area contributed by atoms with E-state index >= 15 is 0 Å². The lowest BCUT2D eigenvalue weighted by atomic mass is 10.0. The highest BCUT2D eigenvalue weighted by atomic mass is 79.9. The van der Waals surface area contributed by atoms with Gasteiger partial charge < -0.3 is 9.64 Å². The Balaban J connectivity index is 1.89. The van der Waals surface area contributed by atoms with Crippen LogP contribution in [0.4, 0.5) is 5.69 Å². The molecule has 6 heteroatoms. The first-order chi connectivity index (χ1) is 11.1. The predicted octanol–water partition coefficient (Wildman–Crippen LogP) is 2.76. The molecule has 0 amide bonds. The number of halogens is 1. The average molecular weight is 378 g/mol. The first-order valence-corrected chi connectivity index (χ1v) is 8.51. The van der Waals surface area contributed by atoms with E-state index in [1.165, 1.54) is 10.2 Å². The second-order valence-electron chi connectivity index (χ2n) is 5.78. The van der Waals surface area contributed by atoms with Crippen LogP contribution < -0.4 is 15.2 Å². The molecule has 1 aliphatic heterocycles. The van der Waals surface area contributed by atoms with Crippen LogP contribution in [0.5, 0.6) is 5.75 Å². The number of para-hydroxylation sites is 1. The molecule has 5 nitrogen and oxygen atoms in total. The van der Waals surface area contributed by atoms with Gasteiger partial charge in [0.25, 0.3) is 5.56 Å². The van der Waals surface area contributed by atoms with Crippen molar-refractivity contribution in [3.63, 3.8) is 0 Å². The van der Waals surface area contributed by atoms with E-state index in [0.29, 0.717) is 10.5 Å². The van der Waals surface area contributed by atoms with Gasteiger partial charge in [0, 0.05) is 19.6 Å². The number of rotatable bonds is 4. The number of hydrogen-bond acceptors (Lipinski definition) is 4. The van der Waals surface area contributed by atoms with Crippen LogP contribution in [0, 0.1) is 0 Å². The highest BCUT2D eigenvalue weighted by Gasteiger charge is 2.28. The van der Waals surface area contributed by atoms with Gasteiger partial charge >= 0.3 is 0 Å². The SMILES string of the molecule is COc1ccccc1CC1CCCN1c1cnn(C)c(=O)c1Br. The molecule has 0 bridgehead atoms. The Labute approximate surface area is 144 Å². The molecule has 2 heterocycles. The van der Waals surface area contributed by atoms with Gasteiger partial charge in [0.1, 0.15) is 10.2 Å². The molecule has 1 aromatic heterocycles. The zero-order chi connectivity index (χ0) is 16.4. The Hall–Kier alpha value is -1.82. The second kappa shape index (κ2) is 6.74. The zero-order valence-corrected chi connectivity index (χ0v) is 14.9. The van der Waals surface area contributed by atoms with Gasteiger partial charge in [-0.05, 0) is 46.8 Å². The molecule has 0 spiro atoms. The summed E-state index contributed by atoms with van der Waals surface area (Å²) in [5, 5.41) is 4.17.